The first kappa shape index (κ1) is 6.34. The van der Waals surface area contributed by atoms with Crippen LogP contribution in [0, 0.1) is 6.92 Å². The molecule has 0 amide bonds. The van der Waals surface area contributed by atoms with E-state index in [2.05, 4.69) is 13.0 Å². The molecule has 0 saturated carbocycles. The number of hydrogen-bond donors (Lipinski definition) is 0. The minimum atomic E-state index is 0.856. The van der Waals surface area contributed by atoms with Crippen molar-refractivity contribution in [3.63, 3.8) is 0 Å². The van der Waals surface area contributed by atoms with E-state index >= 15 is 0 Å². The van der Waals surface area contributed by atoms with E-state index in [0.717, 1.165) is 12.0 Å². The quantitative estimate of drug-likeness (QED) is 0.530. The van der Waals surface area contributed by atoms with Crippen LogP contribution >= 0.6 is 0 Å². The van der Waals surface area contributed by atoms with Crippen molar-refractivity contribution in [1.82, 2.24) is 0 Å². The number of benzene rings is 1. The Morgan fingerprint density at radius 3 is 2.67 bits per heavy atom. The summed E-state index contributed by atoms with van der Waals surface area (Å²) in [7, 11) is 0. The maximum absolute atomic E-state index is 5.53. The van der Waals surface area contributed by atoms with Crippen molar-refractivity contribution < 1.29 is 0 Å². The molecule has 0 spiro atoms. The maximum atomic E-state index is 5.53. The topological polar surface area (TPSA) is 0 Å². The van der Waals surface area contributed by atoms with Crippen LogP contribution in [0.2, 0.25) is 0 Å². The van der Waals surface area contributed by atoms with Crippen molar-refractivity contribution in [2.75, 3.05) is 0 Å². The Labute approximate surface area is 56.5 Å². The zero-order valence-corrected chi connectivity index (χ0v) is 5.59. The Balaban J connectivity index is 2.94. The van der Waals surface area contributed by atoms with Gasteiger partial charge in [-0.05, 0) is 24.5 Å². The van der Waals surface area contributed by atoms with Gasteiger partial charge in [0.1, 0.15) is 0 Å². The smallest absolute Gasteiger partial charge is 0.00119 e. The molecule has 0 saturated heterocycles. The molecule has 0 bridgehead atoms. The first-order valence-electron chi connectivity index (χ1n) is 3.17. The van der Waals surface area contributed by atoms with Crippen LogP contribution in [0.1, 0.15) is 18.1 Å². The lowest BCUT2D eigenvalue weighted by Crippen LogP contribution is -1.78. The highest BCUT2D eigenvalue weighted by atomic mass is 13.9. The van der Waals surface area contributed by atoms with Gasteiger partial charge in [-0.1, -0.05) is 31.2 Å². The molecule has 2 radical (unpaired) electrons. The van der Waals surface area contributed by atoms with Gasteiger partial charge < -0.3 is 0 Å². The molecular weight excluding hydrogens is 108 g/mol. The SMILES string of the molecule is [CH]c1cccc(CC)c1. The van der Waals surface area contributed by atoms with Crippen molar-refractivity contribution in [3.8, 4) is 0 Å². The molecule has 9 heavy (non-hydrogen) atoms. The number of aryl methyl sites for hydroxylation is 1. The van der Waals surface area contributed by atoms with Gasteiger partial charge in [-0.3, -0.25) is 0 Å². The first-order chi connectivity index (χ1) is 4.33. The molecule has 0 fully saturated rings. The van der Waals surface area contributed by atoms with Crippen LogP contribution in [-0.2, 0) is 6.42 Å². The van der Waals surface area contributed by atoms with Crippen LogP contribution in [0.25, 0.3) is 0 Å². The molecule has 0 aliphatic carbocycles. The summed E-state index contributed by atoms with van der Waals surface area (Å²) in [5.41, 5.74) is 2.16. The number of rotatable bonds is 1. The van der Waals surface area contributed by atoms with Crippen molar-refractivity contribution >= 4 is 0 Å². The van der Waals surface area contributed by atoms with Crippen LogP contribution in [0.5, 0.6) is 0 Å². The molecule has 0 aliphatic heterocycles. The lowest BCUT2D eigenvalue weighted by Gasteiger charge is -1.94. The standard InChI is InChI=1S/C9H10/c1-3-9-6-4-5-8(2)7-9/h2,4-7H,3H2,1H3. The second-order valence-corrected chi connectivity index (χ2v) is 2.10. The van der Waals surface area contributed by atoms with E-state index in [1.807, 2.05) is 18.2 Å². The van der Waals surface area contributed by atoms with Gasteiger partial charge in [0.05, 0.1) is 0 Å². The van der Waals surface area contributed by atoms with Crippen LogP contribution in [-0.4, -0.2) is 0 Å². The predicted molar refractivity (Wildman–Crippen MR) is 39.2 cm³/mol. The van der Waals surface area contributed by atoms with Gasteiger partial charge in [-0.15, -0.1) is 0 Å². The summed E-state index contributed by atoms with van der Waals surface area (Å²) in [5, 5.41) is 0. The lowest BCUT2D eigenvalue weighted by molar-refractivity contribution is 1.14. The summed E-state index contributed by atoms with van der Waals surface area (Å²) < 4.78 is 0. The van der Waals surface area contributed by atoms with Crippen LogP contribution < -0.4 is 0 Å². The fraction of sp³-hybridized carbons (Fsp3) is 0.222. The second kappa shape index (κ2) is 2.67. The molecule has 0 nitrogen and oxygen atoms in total. The Kier molecular flexibility index (Phi) is 1.88. The molecule has 0 unspecified atom stereocenters. The Morgan fingerprint density at radius 1 is 1.44 bits per heavy atom. The van der Waals surface area contributed by atoms with Gasteiger partial charge >= 0.3 is 0 Å². The monoisotopic (exact) mass is 118 g/mol. The highest BCUT2D eigenvalue weighted by Crippen LogP contribution is 2.03. The summed E-state index contributed by atoms with van der Waals surface area (Å²) in [6.07, 6.45) is 1.06. The third kappa shape index (κ3) is 1.56. The van der Waals surface area contributed by atoms with E-state index in [1.165, 1.54) is 5.56 Å². The summed E-state index contributed by atoms with van der Waals surface area (Å²) >= 11 is 0. The third-order valence-electron chi connectivity index (χ3n) is 1.36. The van der Waals surface area contributed by atoms with Gasteiger partial charge in [-0.25, -0.2) is 0 Å². The fourth-order valence-corrected chi connectivity index (χ4v) is 0.813. The minimum absolute atomic E-state index is 0.856. The van der Waals surface area contributed by atoms with E-state index in [-0.39, 0.29) is 0 Å². The van der Waals surface area contributed by atoms with Gasteiger partial charge in [-0.2, -0.15) is 0 Å². The van der Waals surface area contributed by atoms with Crippen LogP contribution in [0.3, 0.4) is 0 Å². The van der Waals surface area contributed by atoms with Crippen molar-refractivity contribution in [3.05, 3.63) is 42.3 Å². The Bertz CT molecular complexity index is 189. The summed E-state index contributed by atoms with van der Waals surface area (Å²) in [4.78, 5) is 0. The van der Waals surface area contributed by atoms with Crippen molar-refractivity contribution in [2.24, 2.45) is 0 Å². The van der Waals surface area contributed by atoms with E-state index in [0.29, 0.717) is 0 Å². The second-order valence-electron chi connectivity index (χ2n) is 2.10. The zero-order valence-electron chi connectivity index (χ0n) is 5.59. The molecule has 0 aliphatic rings. The Morgan fingerprint density at radius 2 is 2.22 bits per heavy atom. The normalized spacial score (nSPS) is 9.56. The van der Waals surface area contributed by atoms with E-state index in [1.54, 1.807) is 0 Å². The Hall–Kier alpha value is -0.780. The molecule has 1 rings (SSSR count). The van der Waals surface area contributed by atoms with Crippen molar-refractivity contribution in [2.45, 2.75) is 13.3 Å². The number of hydrogen-bond acceptors (Lipinski definition) is 0. The van der Waals surface area contributed by atoms with Gasteiger partial charge in [0.25, 0.3) is 0 Å². The molecule has 0 N–H and O–H groups in total. The van der Waals surface area contributed by atoms with E-state index in [9.17, 15) is 0 Å². The molecule has 1 aromatic rings. The predicted octanol–water partition coefficient (Wildman–Crippen LogP) is 2.31. The summed E-state index contributed by atoms with van der Waals surface area (Å²) in [5.74, 6) is 0. The average Bonchev–Trinajstić information content (AvgIpc) is 1.88. The highest BCUT2D eigenvalue weighted by molar-refractivity contribution is 5.24. The molecule has 0 heterocycles. The molecule has 0 atom stereocenters. The molecule has 0 aromatic heterocycles. The molecule has 0 heteroatoms. The van der Waals surface area contributed by atoms with Crippen molar-refractivity contribution in [1.29, 1.82) is 0 Å². The fourth-order valence-electron chi connectivity index (χ4n) is 0.813. The summed E-state index contributed by atoms with van der Waals surface area (Å²) in [6, 6.07) is 7.96. The highest BCUT2D eigenvalue weighted by Gasteiger charge is 1.86. The molecule has 1 aromatic carbocycles. The zero-order chi connectivity index (χ0) is 6.69. The van der Waals surface area contributed by atoms with Gasteiger partial charge in [0, 0.05) is 0 Å². The lowest BCUT2D eigenvalue weighted by atomic mass is 10.1. The third-order valence-corrected chi connectivity index (χ3v) is 1.36. The maximum Gasteiger partial charge on any atom is -0.00119 e. The first-order valence-corrected chi connectivity index (χ1v) is 3.17. The molecular formula is C9H10. The minimum Gasteiger partial charge on any atom is -0.0617 e. The van der Waals surface area contributed by atoms with Gasteiger partial charge in [0.15, 0.2) is 0 Å². The summed E-state index contributed by atoms with van der Waals surface area (Å²) in [6.45, 7) is 7.65. The van der Waals surface area contributed by atoms with Crippen LogP contribution in [0.4, 0.5) is 0 Å². The van der Waals surface area contributed by atoms with E-state index in [4.69, 9.17) is 6.92 Å². The largest absolute Gasteiger partial charge is 0.0617 e. The van der Waals surface area contributed by atoms with Gasteiger partial charge in [0.2, 0.25) is 0 Å². The van der Waals surface area contributed by atoms with Crippen LogP contribution in [0.15, 0.2) is 24.3 Å². The molecule has 46 valence electrons. The van der Waals surface area contributed by atoms with E-state index < -0.39 is 0 Å². The average molecular weight is 118 g/mol.